The van der Waals surface area contributed by atoms with Crippen molar-refractivity contribution in [1.82, 2.24) is 4.90 Å². The second-order valence-corrected chi connectivity index (χ2v) is 6.63. The van der Waals surface area contributed by atoms with Crippen LogP contribution in [0.4, 0.5) is 0 Å². The van der Waals surface area contributed by atoms with Gasteiger partial charge in [-0.05, 0) is 55.2 Å². The maximum absolute atomic E-state index is 12.8. The Kier molecular flexibility index (Phi) is 6.24. The van der Waals surface area contributed by atoms with Gasteiger partial charge in [-0.3, -0.25) is 4.79 Å². The Balaban J connectivity index is 1.74. The van der Waals surface area contributed by atoms with Crippen LogP contribution in [0.25, 0.3) is 11.1 Å². The minimum atomic E-state index is -0.364. The lowest BCUT2D eigenvalue weighted by Crippen LogP contribution is -2.37. The fourth-order valence-corrected chi connectivity index (χ4v) is 3.32. The molecule has 0 aliphatic carbocycles. The summed E-state index contributed by atoms with van der Waals surface area (Å²) in [5.41, 5.74) is 3.01. The molecule has 2 aromatic rings. The summed E-state index contributed by atoms with van der Waals surface area (Å²) in [5, 5.41) is 0. The Morgan fingerprint density at radius 1 is 1.11 bits per heavy atom. The summed E-state index contributed by atoms with van der Waals surface area (Å²) in [6.45, 7) is 4.06. The summed E-state index contributed by atoms with van der Waals surface area (Å²) in [6.07, 6.45) is 2.23. The van der Waals surface area contributed by atoms with Gasteiger partial charge in [0, 0.05) is 25.3 Å². The van der Waals surface area contributed by atoms with Crippen LogP contribution in [0.3, 0.4) is 0 Å². The zero-order chi connectivity index (χ0) is 19.2. The maximum atomic E-state index is 12.8. The molecular formula is C22H25NO4. The van der Waals surface area contributed by atoms with E-state index >= 15 is 0 Å². The topological polar surface area (TPSA) is 55.8 Å². The second kappa shape index (κ2) is 8.82. The highest BCUT2D eigenvalue weighted by Crippen LogP contribution is 2.22. The van der Waals surface area contributed by atoms with Gasteiger partial charge in [-0.2, -0.15) is 0 Å². The molecule has 142 valence electrons. The molecule has 1 aliphatic heterocycles. The predicted octanol–water partition coefficient (Wildman–Crippen LogP) is 3.78. The SMILES string of the molecule is CCN(C[C@H]1CCCO1)C(=O)c1ccc(-c2cccc(C(=O)OC)c2)cc1. The fourth-order valence-electron chi connectivity index (χ4n) is 3.32. The van der Waals surface area contributed by atoms with Crippen LogP contribution in [0.2, 0.25) is 0 Å². The number of rotatable bonds is 6. The van der Waals surface area contributed by atoms with Gasteiger partial charge >= 0.3 is 5.97 Å². The van der Waals surface area contributed by atoms with Gasteiger partial charge < -0.3 is 14.4 Å². The summed E-state index contributed by atoms with van der Waals surface area (Å²) in [6, 6.07) is 14.7. The van der Waals surface area contributed by atoms with Crippen LogP contribution in [0.15, 0.2) is 48.5 Å². The Morgan fingerprint density at radius 2 is 1.89 bits per heavy atom. The van der Waals surface area contributed by atoms with Crippen molar-refractivity contribution < 1.29 is 19.1 Å². The molecular weight excluding hydrogens is 342 g/mol. The van der Waals surface area contributed by atoms with E-state index in [0.717, 1.165) is 30.6 Å². The van der Waals surface area contributed by atoms with E-state index in [1.165, 1.54) is 7.11 Å². The first-order chi connectivity index (χ1) is 13.1. The molecule has 0 spiro atoms. The second-order valence-electron chi connectivity index (χ2n) is 6.63. The third kappa shape index (κ3) is 4.55. The minimum absolute atomic E-state index is 0.0165. The lowest BCUT2D eigenvalue weighted by Gasteiger charge is -2.24. The molecule has 0 unspecified atom stereocenters. The molecule has 0 bridgehead atoms. The molecule has 27 heavy (non-hydrogen) atoms. The number of esters is 1. The van der Waals surface area contributed by atoms with E-state index in [1.54, 1.807) is 12.1 Å². The van der Waals surface area contributed by atoms with Gasteiger partial charge in [0.05, 0.1) is 18.8 Å². The van der Waals surface area contributed by atoms with E-state index < -0.39 is 0 Å². The number of benzene rings is 2. The molecule has 5 nitrogen and oxygen atoms in total. The van der Waals surface area contributed by atoms with E-state index in [2.05, 4.69) is 0 Å². The number of ether oxygens (including phenoxy) is 2. The first-order valence-corrected chi connectivity index (χ1v) is 9.32. The summed E-state index contributed by atoms with van der Waals surface area (Å²) < 4.78 is 10.4. The molecule has 1 atom stereocenters. The largest absolute Gasteiger partial charge is 0.465 e. The van der Waals surface area contributed by atoms with Crippen molar-refractivity contribution in [2.45, 2.75) is 25.9 Å². The van der Waals surface area contributed by atoms with Gasteiger partial charge in [-0.15, -0.1) is 0 Å². The zero-order valence-corrected chi connectivity index (χ0v) is 15.8. The highest BCUT2D eigenvalue weighted by Gasteiger charge is 2.22. The molecule has 5 heteroatoms. The van der Waals surface area contributed by atoms with E-state index in [9.17, 15) is 9.59 Å². The van der Waals surface area contributed by atoms with Gasteiger partial charge in [0.2, 0.25) is 0 Å². The van der Waals surface area contributed by atoms with Crippen molar-refractivity contribution >= 4 is 11.9 Å². The molecule has 1 fully saturated rings. The van der Waals surface area contributed by atoms with Crippen LogP contribution >= 0.6 is 0 Å². The first kappa shape index (κ1) is 19.1. The number of hydrogen-bond acceptors (Lipinski definition) is 4. The van der Waals surface area contributed by atoms with E-state index in [-0.39, 0.29) is 18.0 Å². The van der Waals surface area contributed by atoms with Crippen molar-refractivity contribution in [3.05, 3.63) is 59.7 Å². The first-order valence-electron chi connectivity index (χ1n) is 9.32. The lowest BCUT2D eigenvalue weighted by molar-refractivity contribution is 0.0539. The van der Waals surface area contributed by atoms with Crippen LogP contribution < -0.4 is 0 Å². The Bertz CT molecular complexity index is 794. The molecule has 1 aliphatic rings. The van der Waals surface area contributed by atoms with Gasteiger partial charge in [-0.25, -0.2) is 4.79 Å². The molecule has 0 aromatic heterocycles. The monoisotopic (exact) mass is 367 g/mol. The smallest absolute Gasteiger partial charge is 0.337 e. The van der Waals surface area contributed by atoms with E-state index in [1.807, 2.05) is 48.2 Å². The summed E-state index contributed by atoms with van der Waals surface area (Å²) in [4.78, 5) is 26.3. The highest BCUT2D eigenvalue weighted by molar-refractivity contribution is 5.95. The Hall–Kier alpha value is -2.66. The van der Waals surface area contributed by atoms with Gasteiger partial charge in [0.1, 0.15) is 0 Å². The van der Waals surface area contributed by atoms with Crippen LogP contribution in [-0.4, -0.2) is 49.7 Å². The number of carbonyl (C=O) groups is 2. The molecule has 1 amide bonds. The number of likely N-dealkylation sites (N-methyl/N-ethyl adjacent to an activating group) is 1. The molecule has 1 saturated heterocycles. The number of nitrogens with zero attached hydrogens (tertiary/aromatic N) is 1. The normalized spacial score (nSPS) is 16.1. The molecule has 0 N–H and O–H groups in total. The van der Waals surface area contributed by atoms with Crippen molar-refractivity contribution in [1.29, 1.82) is 0 Å². The number of carbonyl (C=O) groups excluding carboxylic acids is 2. The fraction of sp³-hybridized carbons (Fsp3) is 0.364. The quantitative estimate of drug-likeness (QED) is 0.729. The Labute approximate surface area is 159 Å². The zero-order valence-electron chi connectivity index (χ0n) is 15.8. The number of amides is 1. The third-order valence-corrected chi connectivity index (χ3v) is 4.87. The van der Waals surface area contributed by atoms with Gasteiger partial charge in [0.25, 0.3) is 5.91 Å². The van der Waals surface area contributed by atoms with Crippen LogP contribution in [0.5, 0.6) is 0 Å². The molecule has 0 radical (unpaired) electrons. The standard InChI is InChI=1S/C22H25NO4/c1-3-23(15-20-8-5-13-27-20)21(24)17-11-9-16(10-12-17)18-6-4-7-19(14-18)22(25)26-2/h4,6-7,9-12,14,20H,3,5,8,13,15H2,1-2H3/t20-/m1/s1. The molecule has 3 rings (SSSR count). The van der Waals surface area contributed by atoms with E-state index in [4.69, 9.17) is 9.47 Å². The van der Waals surface area contributed by atoms with E-state index in [0.29, 0.717) is 24.2 Å². The summed E-state index contributed by atoms with van der Waals surface area (Å²) >= 11 is 0. The molecule has 2 aromatic carbocycles. The van der Waals surface area contributed by atoms with Crippen molar-refractivity contribution in [2.75, 3.05) is 26.8 Å². The summed E-state index contributed by atoms with van der Waals surface area (Å²) in [5.74, 6) is -0.348. The highest BCUT2D eigenvalue weighted by atomic mass is 16.5. The van der Waals surface area contributed by atoms with Crippen molar-refractivity contribution in [3.8, 4) is 11.1 Å². The maximum Gasteiger partial charge on any atom is 0.337 e. The minimum Gasteiger partial charge on any atom is -0.465 e. The van der Waals surface area contributed by atoms with Crippen LogP contribution in [-0.2, 0) is 9.47 Å². The van der Waals surface area contributed by atoms with Gasteiger partial charge in [-0.1, -0.05) is 24.3 Å². The molecule has 0 saturated carbocycles. The Morgan fingerprint density at radius 3 is 2.52 bits per heavy atom. The number of hydrogen-bond donors (Lipinski definition) is 0. The van der Waals surface area contributed by atoms with Gasteiger partial charge in [0.15, 0.2) is 0 Å². The van der Waals surface area contributed by atoms with Crippen molar-refractivity contribution in [2.24, 2.45) is 0 Å². The molecule has 1 heterocycles. The van der Waals surface area contributed by atoms with Crippen LogP contribution in [0.1, 0.15) is 40.5 Å². The predicted molar refractivity (Wildman–Crippen MR) is 104 cm³/mol. The lowest BCUT2D eigenvalue weighted by atomic mass is 10.0. The van der Waals surface area contributed by atoms with Crippen LogP contribution in [0, 0.1) is 0 Å². The van der Waals surface area contributed by atoms with Crippen molar-refractivity contribution in [3.63, 3.8) is 0 Å². The third-order valence-electron chi connectivity index (χ3n) is 4.87. The average Bonchev–Trinajstić information content (AvgIpc) is 3.24. The average molecular weight is 367 g/mol. The number of methoxy groups -OCH3 is 1. The summed E-state index contributed by atoms with van der Waals surface area (Å²) in [7, 11) is 1.37.